The van der Waals surface area contributed by atoms with Gasteiger partial charge in [-0.25, -0.2) is 4.90 Å². The molecule has 0 N–H and O–H groups in total. The van der Waals surface area contributed by atoms with Gasteiger partial charge < -0.3 is 9.47 Å². The first-order valence-electron chi connectivity index (χ1n) is 12.7. The van der Waals surface area contributed by atoms with Gasteiger partial charge in [0.15, 0.2) is 0 Å². The molecule has 4 aromatic carbocycles. The largest absolute Gasteiger partial charge is 0.457 e. The van der Waals surface area contributed by atoms with Gasteiger partial charge in [-0.2, -0.15) is 0 Å². The number of fused-ring (bicyclic) bond motifs is 3. The summed E-state index contributed by atoms with van der Waals surface area (Å²) >= 11 is 3.39. The Morgan fingerprint density at radius 3 is 1.82 bits per heavy atom. The molecule has 196 valence electrons. The van der Waals surface area contributed by atoms with Gasteiger partial charge in [0.2, 0.25) is 29.0 Å². The van der Waals surface area contributed by atoms with Crippen LogP contribution in [0.5, 0.6) is 11.5 Å². The molecule has 0 radical (unpaired) electrons. The number of carbonyl (C=O) groups is 4. The number of ether oxygens (including phenoxy) is 2. The molecular weight excluding hydrogens is 574 g/mol. The molecule has 8 heteroatoms. The number of benzene rings is 4. The maximum atomic E-state index is 14.1. The van der Waals surface area contributed by atoms with E-state index >= 15 is 0 Å². The van der Waals surface area contributed by atoms with Crippen LogP contribution in [0, 0.1) is 11.8 Å². The Balaban J connectivity index is 1.28. The molecule has 2 aliphatic heterocycles. The minimum atomic E-state index is -2.10. The highest BCUT2D eigenvalue weighted by molar-refractivity contribution is 9.10. The van der Waals surface area contributed by atoms with E-state index in [4.69, 9.17) is 9.47 Å². The zero-order valence-corrected chi connectivity index (χ0v) is 22.4. The number of halogens is 1. The maximum Gasteiger partial charge on any atom is 0.241 e. The van der Waals surface area contributed by atoms with Gasteiger partial charge in [0.05, 0.1) is 23.6 Å². The van der Waals surface area contributed by atoms with E-state index in [-0.39, 0.29) is 11.1 Å². The van der Waals surface area contributed by atoms with Crippen LogP contribution in [-0.4, -0.2) is 29.0 Å². The van der Waals surface area contributed by atoms with Crippen LogP contribution in [0.2, 0.25) is 0 Å². The Morgan fingerprint density at radius 1 is 0.675 bits per heavy atom. The van der Waals surface area contributed by atoms with E-state index in [9.17, 15) is 19.2 Å². The first-order valence-corrected chi connectivity index (χ1v) is 13.5. The van der Waals surface area contributed by atoms with E-state index in [1.807, 2.05) is 30.3 Å². The van der Waals surface area contributed by atoms with Gasteiger partial charge in [-0.15, -0.1) is 0 Å². The number of ketones is 2. The molecule has 0 aromatic heterocycles. The third-order valence-electron chi connectivity index (χ3n) is 7.79. The summed E-state index contributed by atoms with van der Waals surface area (Å²) < 4.78 is 13.1. The lowest BCUT2D eigenvalue weighted by Gasteiger charge is -2.27. The summed E-state index contributed by atoms with van der Waals surface area (Å²) in [5, 5.41) is 0. The lowest BCUT2D eigenvalue weighted by molar-refractivity contribution is -0.127. The van der Waals surface area contributed by atoms with Gasteiger partial charge in [-0.1, -0.05) is 70.5 Å². The zero-order chi connectivity index (χ0) is 27.6. The van der Waals surface area contributed by atoms with Crippen LogP contribution in [-0.2, 0) is 14.3 Å². The number of hydrogen-bond donors (Lipinski definition) is 0. The molecule has 2 fully saturated rings. The molecule has 1 aliphatic carbocycles. The van der Waals surface area contributed by atoms with E-state index in [0.29, 0.717) is 22.7 Å². The van der Waals surface area contributed by atoms with Crippen LogP contribution in [0.15, 0.2) is 108 Å². The van der Waals surface area contributed by atoms with Crippen molar-refractivity contribution in [3.05, 3.63) is 124 Å². The molecule has 3 atom stereocenters. The Hall–Kier alpha value is -4.40. The fourth-order valence-corrected chi connectivity index (χ4v) is 6.28. The summed E-state index contributed by atoms with van der Waals surface area (Å²) in [6, 6.07) is 29.3. The smallest absolute Gasteiger partial charge is 0.241 e. The normalized spacial score (nSPS) is 22.6. The van der Waals surface area contributed by atoms with Crippen LogP contribution < -0.4 is 9.64 Å². The summed E-state index contributed by atoms with van der Waals surface area (Å²) in [6.45, 7) is 0. The standard InChI is InChI=1S/C32H20BrNO6/c33-19-10-14-21(15-11-19)39-22-16-12-20(13-17-22)34-30(37)25-26(31(34)38)32(40-27(25)18-6-2-1-3-7-18)28(35)23-8-4-5-9-24(23)29(32)36/h1-17,25-27H/t25-,26+,27-/m0/s1. The van der Waals surface area contributed by atoms with Crippen LogP contribution >= 0.6 is 15.9 Å². The molecule has 2 heterocycles. The zero-order valence-electron chi connectivity index (χ0n) is 20.8. The van der Waals surface area contributed by atoms with Crippen molar-refractivity contribution in [3.8, 4) is 11.5 Å². The van der Waals surface area contributed by atoms with Gasteiger partial charge in [0.25, 0.3) is 0 Å². The van der Waals surface area contributed by atoms with Crippen molar-refractivity contribution in [1.82, 2.24) is 0 Å². The van der Waals surface area contributed by atoms with E-state index in [2.05, 4.69) is 15.9 Å². The summed E-state index contributed by atoms with van der Waals surface area (Å²) in [6.07, 6.45) is -0.949. The molecule has 0 bridgehead atoms. The molecule has 4 aromatic rings. The molecule has 0 saturated carbocycles. The highest BCUT2D eigenvalue weighted by atomic mass is 79.9. The topological polar surface area (TPSA) is 90.0 Å². The van der Waals surface area contributed by atoms with Crippen LogP contribution in [0.3, 0.4) is 0 Å². The number of Topliss-reactive ketones (excluding diaryl/α,β-unsaturated/α-hetero) is 2. The lowest BCUT2D eigenvalue weighted by atomic mass is 9.77. The Bertz CT molecular complexity index is 1660. The average molecular weight is 594 g/mol. The second-order valence-electron chi connectivity index (χ2n) is 9.95. The molecule has 2 amide bonds. The summed E-state index contributed by atoms with van der Waals surface area (Å²) in [5.74, 6) is -3.51. The van der Waals surface area contributed by atoms with E-state index in [1.165, 1.54) is 0 Å². The average Bonchev–Trinajstić information content (AvgIpc) is 3.55. The van der Waals surface area contributed by atoms with Crippen molar-refractivity contribution < 1.29 is 28.7 Å². The van der Waals surface area contributed by atoms with Gasteiger partial charge in [0.1, 0.15) is 11.5 Å². The van der Waals surface area contributed by atoms with Crippen molar-refractivity contribution >= 4 is 45.0 Å². The third-order valence-corrected chi connectivity index (χ3v) is 8.32. The molecule has 0 unspecified atom stereocenters. The van der Waals surface area contributed by atoms with Gasteiger partial charge in [-0.3, -0.25) is 19.2 Å². The van der Waals surface area contributed by atoms with Gasteiger partial charge in [-0.05, 0) is 54.1 Å². The Morgan fingerprint density at radius 2 is 1.23 bits per heavy atom. The highest BCUT2D eigenvalue weighted by Gasteiger charge is 2.74. The minimum Gasteiger partial charge on any atom is -0.457 e. The van der Waals surface area contributed by atoms with Crippen molar-refractivity contribution in [2.24, 2.45) is 11.8 Å². The number of hydrogen-bond acceptors (Lipinski definition) is 6. The SMILES string of the molecule is O=C1[C@@H]2[C@H](c3ccccc3)OC3(C(=O)c4ccccc4C3=O)[C@H]2C(=O)N1c1ccc(Oc2ccc(Br)cc2)cc1. The van der Waals surface area contributed by atoms with Crippen molar-refractivity contribution in [3.63, 3.8) is 0 Å². The fourth-order valence-electron chi connectivity index (χ4n) is 6.02. The van der Waals surface area contributed by atoms with Crippen LogP contribution in [0.1, 0.15) is 32.4 Å². The number of rotatable bonds is 4. The lowest BCUT2D eigenvalue weighted by Crippen LogP contribution is -2.51. The molecule has 2 saturated heterocycles. The van der Waals surface area contributed by atoms with Crippen molar-refractivity contribution in [1.29, 1.82) is 0 Å². The molecule has 1 spiro atoms. The second-order valence-corrected chi connectivity index (χ2v) is 10.9. The van der Waals surface area contributed by atoms with Crippen molar-refractivity contribution in [2.45, 2.75) is 11.7 Å². The van der Waals surface area contributed by atoms with Crippen LogP contribution in [0.25, 0.3) is 0 Å². The van der Waals surface area contributed by atoms with E-state index < -0.39 is 46.9 Å². The number of carbonyl (C=O) groups excluding carboxylic acids is 4. The first-order chi connectivity index (χ1) is 19.4. The first kappa shape index (κ1) is 24.6. The number of imide groups is 1. The molecule has 7 nitrogen and oxygen atoms in total. The fraction of sp³-hybridized carbons (Fsp3) is 0.125. The Labute approximate surface area is 237 Å². The molecule has 3 aliphatic rings. The summed E-state index contributed by atoms with van der Waals surface area (Å²) in [7, 11) is 0. The highest BCUT2D eigenvalue weighted by Crippen LogP contribution is 2.57. The number of nitrogens with zero attached hydrogens (tertiary/aromatic N) is 1. The quantitative estimate of drug-likeness (QED) is 0.215. The second kappa shape index (κ2) is 9.08. The predicted molar refractivity (Wildman–Crippen MR) is 148 cm³/mol. The molecular formula is C32H20BrNO6. The van der Waals surface area contributed by atoms with E-state index in [0.717, 1.165) is 9.37 Å². The maximum absolute atomic E-state index is 14.1. The number of anilines is 1. The summed E-state index contributed by atoms with van der Waals surface area (Å²) in [4.78, 5) is 56.8. The van der Waals surface area contributed by atoms with Gasteiger partial charge in [0, 0.05) is 15.6 Å². The molecule has 40 heavy (non-hydrogen) atoms. The third kappa shape index (κ3) is 3.46. The minimum absolute atomic E-state index is 0.202. The summed E-state index contributed by atoms with van der Waals surface area (Å²) in [5.41, 5.74) is -0.751. The number of amides is 2. The van der Waals surface area contributed by atoms with Gasteiger partial charge >= 0.3 is 0 Å². The molecule has 7 rings (SSSR count). The Kier molecular flexibility index (Phi) is 5.59. The van der Waals surface area contributed by atoms with Crippen LogP contribution in [0.4, 0.5) is 5.69 Å². The monoisotopic (exact) mass is 593 g/mol. The van der Waals surface area contributed by atoms with E-state index in [1.54, 1.807) is 72.8 Å². The van der Waals surface area contributed by atoms with Crippen molar-refractivity contribution in [2.75, 3.05) is 4.90 Å². The predicted octanol–water partition coefficient (Wildman–Crippen LogP) is 5.94.